The monoisotopic (exact) mass is 372 g/mol. The normalized spacial score (nSPS) is 14.2. The SMILES string of the molecule is Cc1ccc(C(=O)N2CCN(C(=O)COc3ccc(Cl)cc3)CC2)cc1. The van der Waals surface area contributed by atoms with Crippen LogP contribution < -0.4 is 4.74 Å². The van der Waals surface area contributed by atoms with E-state index >= 15 is 0 Å². The second-order valence-electron chi connectivity index (χ2n) is 6.28. The molecule has 0 unspecified atom stereocenters. The van der Waals surface area contributed by atoms with Gasteiger partial charge in [-0.05, 0) is 43.3 Å². The fourth-order valence-corrected chi connectivity index (χ4v) is 2.93. The van der Waals surface area contributed by atoms with Gasteiger partial charge in [-0.3, -0.25) is 9.59 Å². The van der Waals surface area contributed by atoms with Crippen LogP contribution in [0.1, 0.15) is 15.9 Å². The minimum atomic E-state index is -0.0811. The maximum Gasteiger partial charge on any atom is 0.260 e. The maximum absolute atomic E-state index is 12.5. The van der Waals surface area contributed by atoms with E-state index in [9.17, 15) is 9.59 Å². The molecule has 0 atom stereocenters. The van der Waals surface area contributed by atoms with Crippen LogP contribution in [0.2, 0.25) is 5.02 Å². The molecule has 5 nitrogen and oxygen atoms in total. The molecule has 3 rings (SSSR count). The third-order valence-corrected chi connectivity index (χ3v) is 4.65. The van der Waals surface area contributed by atoms with E-state index in [0.717, 1.165) is 5.56 Å². The maximum atomic E-state index is 12.5. The van der Waals surface area contributed by atoms with Crippen molar-refractivity contribution in [2.45, 2.75) is 6.92 Å². The number of piperazine rings is 1. The van der Waals surface area contributed by atoms with E-state index < -0.39 is 0 Å². The molecule has 2 aromatic rings. The average Bonchev–Trinajstić information content (AvgIpc) is 2.67. The molecule has 2 amide bonds. The number of ether oxygens (including phenoxy) is 1. The van der Waals surface area contributed by atoms with Crippen molar-refractivity contribution in [3.63, 3.8) is 0 Å². The predicted molar refractivity (Wildman–Crippen MR) is 101 cm³/mol. The molecule has 0 saturated carbocycles. The number of benzene rings is 2. The Balaban J connectivity index is 1.48. The summed E-state index contributed by atoms with van der Waals surface area (Å²) in [6, 6.07) is 14.4. The van der Waals surface area contributed by atoms with E-state index in [1.54, 1.807) is 34.1 Å². The standard InChI is InChI=1S/C20H21ClN2O3/c1-15-2-4-16(5-3-15)20(25)23-12-10-22(11-13-23)19(24)14-26-18-8-6-17(21)7-9-18/h2-9H,10-14H2,1H3. The summed E-state index contributed by atoms with van der Waals surface area (Å²) in [4.78, 5) is 28.3. The zero-order chi connectivity index (χ0) is 18.5. The lowest BCUT2D eigenvalue weighted by atomic mass is 10.1. The van der Waals surface area contributed by atoms with Crippen LogP contribution in [-0.4, -0.2) is 54.4 Å². The summed E-state index contributed by atoms with van der Waals surface area (Å²) in [6.07, 6.45) is 0. The summed E-state index contributed by atoms with van der Waals surface area (Å²) in [6.45, 7) is 4.05. The van der Waals surface area contributed by atoms with Crippen molar-refractivity contribution in [3.05, 3.63) is 64.7 Å². The highest BCUT2D eigenvalue weighted by Gasteiger charge is 2.25. The Morgan fingerprint density at radius 2 is 1.50 bits per heavy atom. The summed E-state index contributed by atoms with van der Waals surface area (Å²) < 4.78 is 5.50. The zero-order valence-corrected chi connectivity index (χ0v) is 15.4. The molecule has 1 aliphatic heterocycles. The smallest absolute Gasteiger partial charge is 0.260 e. The van der Waals surface area contributed by atoms with Crippen molar-refractivity contribution in [3.8, 4) is 5.75 Å². The molecular weight excluding hydrogens is 352 g/mol. The Hall–Kier alpha value is -2.53. The van der Waals surface area contributed by atoms with Crippen LogP contribution in [-0.2, 0) is 4.79 Å². The molecule has 0 aliphatic carbocycles. The molecular formula is C20H21ClN2O3. The average molecular weight is 373 g/mol. The van der Waals surface area contributed by atoms with E-state index in [0.29, 0.717) is 42.5 Å². The summed E-state index contributed by atoms with van der Waals surface area (Å²) in [7, 11) is 0. The van der Waals surface area contributed by atoms with Gasteiger partial charge in [-0.1, -0.05) is 29.3 Å². The third kappa shape index (κ3) is 4.55. The number of hydrogen-bond acceptors (Lipinski definition) is 3. The van der Waals surface area contributed by atoms with Crippen LogP contribution in [0, 0.1) is 6.92 Å². The van der Waals surface area contributed by atoms with Crippen LogP contribution >= 0.6 is 11.6 Å². The molecule has 136 valence electrons. The number of halogens is 1. The van der Waals surface area contributed by atoms with Gasteiger partial charge in [0.15, 0.2) is 6.61 Å². The molecule has 2 aromatic carbocycles. The predicted octanol–water partition coefficient (Wildman–Crippen LogP) is 3.01. The first kappa shape index (κ1) is 18.3. The Kier molecular flexibility index (Phi) is 5.78. The van der Waals surface area contributed by atoms with Crippen molar-refractivity contribution < 1.29 is 14.3 Å². The topological polar surface area (TPSA) is 49.9 Å². The van der Waals surface area contributed by atoms with Gasteiger partial charge in [0, 0.05) is 36.8 Å². The summed E-state index contributed by atoms with van der Waals surface area (Å²) >= 11 is 5.82. The molecule has 0 radical (unpaired) electrons. The van der Waals surface area contributed by atoms with Crippen molar-refractivity contribution in [2.24, 2.45) is 0 Å². The van der Waals surface area contributed by atoms with E-state index in [-0.39, 0.29) is 18.4 Å². The highest BCUT2D eigenvalue weighted by molar-refractivity contribution is 6.30. The van der Waals surface area contributed by atoms with Gasteiger partial charge in [0.25, 0.3) is 11.8 Å². The van der Waals surface area contributed by atoms with E-state index in [2.05, 4.69) is 0 Å². The van der Waals surface area contributed by atoms with Gasteiger partial charge in [-0.25, -0.2) is 0 Å². The fraction of sp³-hybridized carbons (Fsp3) is 0.300. The first-order valence-corrected chi connectivity index (χ1v) is 8.93. The van der Waals surface area contributed by atoms with Crippen LogP contribution in [0.5, 0.6) is 5.75 Å². The largest absolute Gasteiger partial charge is 0.484 e. The molecule has 1 heterocycles. The van der Waals surface area contributed by atoms with Crippen LogP contribution in [0.25, 0.3) is 0 Å². The number of nitrogens with zero attached hydrogens (tertiary/aromatic N) is 2. The lowest BCUT2D eigenvalue weighted by Crippen LogP contribution is -2.51. The molecule has 1 saturated heterocycles. The van der Waals surface area contributed by atoms with Gasteiger partial charge in [0.05, 0.1) is 0 Å². The van der Waals surface area contributed by atoms with Crippen molar-refractivity contribution >= 4 is 23.4 Å². The molecule has 6 heteroatoms. The Morgan fingerprint density at radius 1 is 0.923 bits per heavy atom. The lowest BCUT2D eigenvalue weighted by molar-refractivity contribution is -0.134. The first-order chi connectivity index (χ1) is 12.5. The lowest BCUT2D eigenvalue weighted by Gasteiger charge is -2.34. The summed E-state index contributed by atoms with van der Waals surface area (Å²) in [5, 5.41) is 0.623. The Labute approximate surface area is 158 Å². The molecule has 1 aliphatic rings. The number of hydrogen-bond donors (Lipinski definition) is 0. The third-order valence-electron chi connectivity index (χ3n) is 4.39. The Bertz CT molecular complexity index is 767. The number of carbonyl (C=O) groups excluding carboxylic acids is 2. The molecule has 1 fully saturated rings. The fourth-order valence-electron chi connectivity index (χ4n) is 2.80. The Morgan fingerprint density at radius 3 is 2.12 bits per heavy atom. The molecule has 0 N–H and O–H groups in total. The molecule has 26 heavy (non-hydrogen) atoms. The van der Waals surface area contributed by atoms with E-state index in [4.69, 9.17) is 16.3 Å². The number of carbonyl (C=O) groups is 2. The first-order valence-electron chi connectivity index (χ1n) is 8.55. The van der Waals surface area contributed by atoms with Gasteiger partial charge in [-0.15, -0.1) is 0 Å². The second-order valence-corrected chi connectivity index (χ2v) is 6.72. The number of rotatable bonds is 4. The van der Waals surface area contributed by atoms with Gasteiger partial charge >= 0.3 is 0 Å². The van der Waals surface area contributed by atoms with Gasteiger partial charge in [0.1, 0.15) is 5.75 Å². The van der Waals surface area contributed by atoms with E-state index in [1.807, 2.05) is 31.2 Å². The van der Waals surface area contributed by atoms with Crippen LogP contribution in [0.3, 0.4) is 0 Å². The second kappa shape index (κ2) is 8.23. The van der Waals surface area contributed by atoms with E-state index in [1.165, 1.54) is 0 Å². The number of aryl methyl sites for hydroxylation is 1. The van der Waals surface area contributed by atoms with Crippen molar-refractivity contribution in [1.29, 1.82) is 0 Å². The highest BCUT2D eigenvalue weighted by Crippen LogP contribution is 2.16. The zero-order valence-electron chi connectivity index (χ0n) is 14.7. The van der Waals surface area contributed by atoms with Crippen LogP contribution in [0.15, 0.2) is 48.5 Å². The van der Waals surface area contributed by atoms with Crippen molar-refractivity contribution in [1.82, 2.24) is 9.80 Å². The summed E-state index contributed by atoms with van der Waals surface area (Å²) in [5.74, 6) is 0.535. The minimum Gasteiger partial charge on any atom is -0.484 e. The molecule has 0 aromatic heterocycles. The minimum absolute atomic E-state index is 0.00881. The molecule has 0 spiro atoms. The summed E-state index contributed by atoms with van der Waals surface area (Å²) in [5.41, 5.74) is 1.80. The highest BCUT2D eigenvalue weighted by atomic mass is 35.5. The van der Waals surface area contributed by atoms with Gasteiger partial charge in [-0.2, -0.15) is 0 Å². The number of amides is 2. The van der Waals surface area contributed by atoms with Crippen molar-refractivity contribution in [2.75, 3.05) is 32.8 Å². The van der Waals surface area contributed by atoms with Gasteiger partial charge < -0.3 is 14.5 Å². The molecule has 0 bridgehead atoms. The van der Waals surface area contributed by atoms with Gasteiger partial charge in [0.2, 0.25) is 0 Å². The van der Waals surface area contributed by atoms with Crippen LogP contribution in [0.4, 0.5) is 0 Å². The quantitative estimate of drug-likeness (QED) is 0.829.